The van der Waals surface area contributed by atoms with Gasteiger partial charge in [0.1, 0.15) is 0 Å². The van der Waals surface area contributed by atoms with Crippen LogP contribution in [0.5, 0.6) is 0 Å². The van der Waals surface area contributed by atoms with Gasteiger partial charge in [-0.1, -0.05) is 11.6 Å². The number of aromatic nitrogens is 2. The fourth-order valence-corrected chi connectivity index (χ4v) is 1.86. The molecule has 1 aromatic carbocycles. The number of hydrogen-bond donors (Lipinski definition) is 0. The summed E-state index contributed by atoms with van der Waals surface area (Å²) in [4.78, 5) is 35.5. The number of nitro benzene ring substituents is 2. The van der Waals surface area contributed by atoms with Crippen molar-refractivity contribution in [3.63, 3.8) is 0 Å². The van der Waals surface area contributed by atoms with Crippen molar-refractivity contribution in [2.45, 2.75) is 6.54 Å². The third kappa shape index (κ3) is 3.03. The molecule has 0 N–H and O–H groups in total. The molecule has 1 heterocycles. The molecule has 0 atom stereocenters. The van der Waals surface area contributed by atoms with E-state index in [-0.39, 0.29) is 17.3 Å². The summed E-state index contributed by atoms with van der Waals surface area (Å²) in [6, 6.07) is 3.22. The maximum absolute atomic E-state index is 11.7. The van der Waals surface area contributed by atoms with E-state index in [1.807, 2.05) is 0 Å². The largest absolute Gasteiger partial charge is 0.307 e. The summed E-state index contributed by atoms with van der Waals surface area (Å²) in [5, 5.41) is 21.4. The first-order chi connectivity index (χ1) is 9.90. The van der Waals surface area contributed by atoms with Crippen LogP contribution >= 0.6 is 11.6 Å². The van der Waals surface area contributed by atoms with Gasteiger partial charge in [0.25, 0.3) is 16.9 Å². The van der Waals surface area contributed by atoms with Crippen LogP contribution in [-0.2, 0) is 6.54 Å². The summed E-state index contributed by atoms with van der Waals surface area (Å²) < 4.78 is 1.13. The molecule has 0 saturated heterocycles. The van der Waals surface area contributed by atoms with Gasteiger partial charge in [-0.15, -0.1) is 0 Å². The Kier molecular flexibility index (Phi) is 3.94. The predicted octanol–water partition coefficient (Wildman–Crippen LogP) is 1.76. The van der Waals surface area contributed by atoms with E-state index in [0.717, 1.165) is 16.7 Å². The van der Waals surface area contributed by atoms with Gasteiger partial charge in [0, 0.05) is 18.5 Å². The van der Waals surface area contributed by atoms with Gasteiger partial charge in [-0.05, 0) is 6.07 Å². The molecule has 0 fully saturated rings. The Hall–Kier alpha value is -2.81. The third-order valence-electron chi connectivity index (χ3n) is 2.69. The smallest absolute Gasteiger partial charge is 0.288 e. The number of rotatable bonds is 4. The number of halogens is 1. The third-order valence-corrected chi connectivity index (χ3v) is 2.95. The SMILES string of the molecule is O=c1c(Cl)nccn1Cc1ccc([N+](=O)[O-])cc1[N+](=O)[O-]. The quantitative estimate of drug-likeness (QED) is 0.626. The van der Waals surface area contributed by atoms with Gasteiger partial charge >= 0.3 is 0 Å². The van der Waals surface area contributed by atoms with Crippen molar-refractivity contribution in [3.8, 4) is 0 Å². The van der Waals surface area contributed by atoms with Gasteiger partial charge in [-0.3, -0.25) is 25.0 Å². The van der Waals surface area contributed by atoms with Crippen molar-refractivity contribution < 1.29 is 9.85 Å². The van der Waals surface area contributed by atoms with E-state index in [4.69, 9.17) is 11.6 Å². The minimum Gasteiger partial charge on any atom is -0.307 e. The predicted molar refractivity (Wildman–Crippen MR) is 72.4 cm³/mol. The van der Waals surface area contributed by atoms with Crippen molar-refractivity contribution in [1.82, 2.24) is 9.55 Å². The molecule has 1 aromatic heterocycles. The van der Waals surface area contributed by atoms with E-state index in [0.29, 0.717) is 0 Å². The van der Waals surface area contributed by atoms with E-state index in [1.54, 1.807) is 0 Å². The number of nitro groups is 2. The van der Waals surface area contributed by atoms with E-state index >= 15 is 0 Å². The molecule has 0 saturated carbocycles. The van der Waals surface area contributed by atoms with Crippen LogP contribution in [0, 0.1) is 20.2 Å². The zero-order chi connectivity index (χ0) is 15.6. The topological polar surface area (TPSA) is 121 Å². The molecule has 9 nitrogen and oxygen atoms in total. The number of non-ortho nitro benzene ring substituents is 1. The maximum atomic E-state index is 11.7. The first kappa shape index (κ1) is 14.6. The lowest BCUT2D eigenvalue weighted by atomic mass is 10.1. The molecule has 0 radical (unpaired) electrons. The van der Waals surface area contributed by atoms with Crippen molar-refractivity contribution in [1.29, 1.82) is 0 Å². The molecule has 0 aliphatic rings. The highest BCUT2D eigenvalue weighted by molar-refractivity contribution is 6.29. The van der Waals surface area contributed by atoms with Crippen LogP contribution in [-0.4, -0.2) is 19.4 Å². The monoisotopic (exact) mass is 310 g/mol. The molecule has 2 rings (SSSR count). The first-order valence-electron chi connectivity index (χ1n) is 5.53. The molecule has 0 unspecified atom stereocenters. The maximum Gasteiger partial charge on any atom is 0.288 e. The Morgan fingerprint density at radius 3 is 2.57 bits per heavy atom. The van der Waals surface area contributed by atoms with Crippen molar-refractivity contribution in [2.75, 3.05) is 0 Å². The summed E-state index contributed by atoms with van der Waals surface area (Å²) in [5.74, 6) is 0. The van der Waals surface area contributed by atoms with Gasteiger partial charge in [0.2, 0.25) is 0 Å². The average molecular weight is 311 g/mol. The molecule has 0 bridgehead atoms. The van der Waals surface area contributed by atoms with Crippen LogP contribution < -0.4 is 5.56 Å². The van der Waals surface area contributed by atoms with E-state index in [9.17, 15) is 25.0 Å². The van der Waals surface area contributed by atoms with Gasteiger partial charge in [-0.2, -0.15) is 0 Å². The summed E-state index contributed by atoms with van der Waals surface area (Å²) >= 11 is 5.58. The Morgan fingerprint density at radius 1 is 1.24 bits per heavy atom. The molecule has 0 aliphatic carbocycles. The summed E-state index contributed by atoms with van der Waals surface area (Å²) in [7, 11) is 0. The molecular formula is C11H7ClN4O5. The molecule has 10 heteroatoms. The Balaban J connectivity index is 2.49. The van der Waals surface area contributed by atoms with Crippen LogP contribution in [0.2, 0.25) is 5.15 Å². The van der Waals surface area contributed by atoms with Crippen LogP contribution in [0.3, 0.4) is 0 Å². The highest BCUT2D eigenvalue weighted by atomic mass is 35.5. The zero-order valence-electron chi connectivity index (χ0n) is 10.3. The lowest BCUT2D eigenvalue weighted by molar-refractivity contribution is -0.394. The second-order valence-electron chi connectivity index (χ2n) is 3.98. The number of benzene rings is 1. The van der Waals surface area contributed by atoms with Crippen LogP contribution in [0.4, 0.5) is 11.4 Å². The molecule has 0 spiro atoms. The standard InChI is InChI=1S/C11H7ClN4O5/c12-10-11(17)14(4-3-13-10)6-7-1-2-8(15(18)19)5-9(7)16(20)21/h1-5H,6H2. The average Bonchev–Trinajstić information content (AvgIpc) is 2.43. The Labute approximate surface area is 121 Å². The minimum absolute atomic E-state index is 0.143. The molecule has 2 aromatic rings. The highest BCUT2D eigenvalue weighted by Crippen LogP contribution is 2.25. The van der Waals surface area contributed by atoms with E-state index < -0.39 is 26.8 Å². The van der Waals surface area contributed by atoms with Crippen LogP contribution in [0.1, 0.15) is 5.56 Å². The zero-order valence-corrected chi connectivity index (χ0v) is 11.1. The number of hydrogen-bond acceptors (Lipinski definition) is 6. The lowest BCUT2D eigenvalue weighted by Gasteiger charge is -2.06. The number of nitrogens with zero attached hydrogens (tertiary/aromatic N) is 4. The van der Waals surface area contributed by atoms with E-state index in [1.165, 1.54) is 18.5 Å². The molecule has 108 valence electrons. The second kappa shape index (κ2) is 5.67. The fourth-order valence-electron chi connectivity index (χ4n) is 1.70. The fraction of sp³-hybridized carbons (Fsp3) is 0.0909. The molecular weight excluding hydrogens is 304 g/mol. The van der Waals surface area contributed by atoms with Gasteiger partial charge in [0.15, 0.2) is 5.15 Å². The molecule has 21 heavy (non-hydrogen) atoms. The Bertz CT molecular complexity index is 788. The Morgan fingerprint density at radius 2 is 1.95 bits per heavy atom. The van der Waals surface area contributed by atoms with Crippen LogP contribution in [0.25, 0.3) is 0 Å². The molecule has 0 aliphatic heterocycles. The second-order valence-corrected chi connectivity index (χ2v) is 4.34. The normalized spacial score (nSPS) is 10.3. The first-order valence-corrected chi connectivity index (χ1v) is 5.90. The van der Waals surface area contributed by atoms with Crippen LogP contribution in [0.15, 0.2) is 35.4 Å². The summed E-state index contributed by atoms with van der Waals surface area (Å²) in [6.45, 7) is -0.143. The van der Waals surface area contributed by atoms with Gasteiger partial charge in [0.05, 0.1) is 28.0 Å². The van der Waals surface area contributed by atoms with Gasteiger partial charge < -0.3 is 4.57 Å². The molecule has 0 amide bonds. The van der Waals surface area contributed by atoms with Crippen molar-refractivity contribution in [2.24, 2.45) is 0 Å². The van der Waals surface area contributed by atoms with Crippen molar-refractivity contribution in [3.05, 3.63) is 71.9 Å². The van der Waals surface area contributed by atoms with Crippen molar-refractivity contribution >= 4 is 23.0 Å². The van der Waals surface area contributed by atoms with Gasteiger partial charge in [-0.25, -0.2) is 4.98 Å². The summed E-state index contributed by atoms with van der Waals surface area (Å²) in [6.07, 6.45) is 2.60. The lowest BCUT2D eigenvalue weighted by Crippen LogP contribution is -2.21. The van der Waals surface area contributed by atoms with E-state index in [2.05, 4.69) is 4.98 Å². The highest BCUT2D eigenvalue weighted by Gasteiger charge is 2.20. The minimum atomic E-state index is -0.740. The summed E-state index contributed by atoms with van der Waals surface area (Å²) in [5.41, 5.74) is -1.30.